The number of esters is 1. The van der Waals surface area contributed by atoms with Crippen LogP contribution in [0.3, 0.4) is 0 Å². The van der Waals surface area contributed by atoms with Crippen LogP contribution in [0.15, 0.2) is 29.2 Å². The van der Waals surface area contributed by atoms with E-state index in [1.165, 1.54) is 11.8 Å². The van der Waals surface area contributed by atoms with Gasteiger partial charge in [-0.15, -0.1) is 11.8 Å². The number of fused-ring (bicyclic) bond motifs is 1. The Morgan fingerprint density at radius 1 is 1.22 bits per heavy atom. The van der Waals surface area contributed by atoms with Gasteiger partial charge in [0.1, 0.15) is 0 Å². The predicted molar refractivity (Wildman–Crippen MR) is 102 cm³/mol. The van der Waals surface area contributed by atoms with Crippen LogP contribution in [0.4, 0.5) is 10.5 Å². The second-order valence-electron chi connectivity index (χ2n) is 6.96. The summed E-state index contributed by atoms with van der Waals surface area (Å²) >= 11 is 1.46. The van der Waals surface area contributed by atoms with Crippen LogP contribution in [0.1, 0.15) is 27.2 Å². The molecule has 4 amide bonds. The highest BCUT2D eigenvalue weighted by Gasteiger charge is 2.25. The fraction of sp³-hybridized carbons (Fsp3) is 0.444. The van der Waals surface area contributed by atoms with Crippen molar-refractivity contribution in [3.8, 4) is 0 Å². The minimum atomic E-state index is -0.721. The molecule has 1 aromatic carbocycles. The number of imide groups is 1. The third-order valence-electron chi connectivity index (χ3n) is 3.45. The number of carbonyl (C=O) groups excluding carboxylic acids is 4. The number of nitrogens with zero attached hydrogens (tertiary/aromatic N) is 1. The Morgan fingerprint density at radius 3 is 2.63 bits per heavy atom. The number of ether oxygens (including phenoxy) is 1. The second kappa shape index (κ2) is 8.90. The SMILES string of the molecule is CC(C)(C)NC(=O)NC(=O)COC(=O)CCN1C(=O)CSc2ccccc21. The summed E-state index contributed by atoms with van der Waals surface area (Å²) in [6.45, 7) is 4.93. The molecule has 0 saturated carbocycles. The van der Waals surface area contributed by atoms with Gasteiger partial charge in [0.25, 0.3) is 5.91 Å². The summed E-state index contributed by atoms with van der Waals surface area (Å²) in [6.07, 6.45) is -0.0494. The number of para-hydroxylation sites is 1. The van der Waals surface area contributed by atoms with E-state index in [9.17, 15) is 19.2 Å². The first-order valence-corrected chi connectivity index (χ1v) is 9.44. The standard InChI is InChI=1S/C18H23N3O5S/c1-18(2,3)20-17(25)19-14(22)10-26-16(24)8-9-21-12-6-4-5-7-13(12)27-11-15(21)23/h4-7H,8-11H2,1-3H3,(H2,19,20,22,25). The summed E-state index contributed by atoms with van der Waals surface area (Å²) in [7, 11) is 0. The van der Waals surface area contributed by atoms with Crippen molar-refractivity contribution in [2.24, 2.45) is 0 Å². The molecule has 0 unspecified atom stereocenters. The van der Waals surface area contributed by atoms with E-state index in [4.69, 9.17) is 4.74 Å². The number of amides is 4. The molecular formula is C18H23N3O5S. The van der Waals surface area contributed by atoms with Crippen LogP contribution in [0, 0.1) is 0 Å². The van der Waals surface area contributed by atoms with Crippen molar-refractivity contribution in [1.82, 2.24) is 10.6 Å². The average molecular weight is 393 g/mol. The van der Waals surface area contributed by atoms with Crippen molar-refractivity contribution >= 4 is 41.3 Å². The lowest BCUT2D eigenvalue weighted by atomic mass is 10.1. The maximum atomic E-state index is 12.1. The fourth-order valence-corrected chi connectivity index (χ4v) is 3.29. The summed E-state index contributed by atoms with van der Waals surface area (Å²) in [6, 6.07) is 6.81. The Kier molecular flexibility index (Phi) is 6.84. The summed E-state index contributed by atoms with van der Waals surface area (Å²) in [5.74, 6) is -1.11. The van der Waals surface area contributed by atoms with Gasteiger partial charge in [0.15, 0.2) is 6.61 Å². The highest BCUT2D eigenvalue weighted by molar-refractivity contribution is 8.00. The highest BCUT2D eigenvalue weighted by atomic mass is 32.2. The molecule has 27 heavy (non-hydrogen) atoms. The van der Waals surface area contributed by atoms with Crippen LogP contribution >= 0.6 is 11.8 Å². The van der Waals surface area contributed by atoms with Crippen LogP contribution in [0.5, 0.6) is 0 Å². The van der Waals surface area contributed by atoms with Crippen LogP contribution in [-0.2, 0) is 19.1 Å². The normalized spacial score (nSPS) is 13.6. The number of carbonyl (C=O) groups is 4. The second-order valence-corrected chi connectivity index (χ2v) is 7.98. The van der Waals surface area contributed by atoms with Gasteiger partial charge >= 0.3 is 12.0 Å². The molecule has 1 aliphatic heterocycles. The fourth-order valence-electron chi connectivity index (χ4n) is 2.35. The summed E-state index contributed by atoms with van der Waals surface area (Å²) in [5, 5.41) is 4.65. The van der Waals surface area contributed by atoms with E-state index in [2.05, 4.69) is 10.6 Å². The number of thioether (sulfide) groups is 1. The number of urea groups is 1. The third-order valence-corrected chi connectivity index (χ3v) is 4.50. The van der Waals surface area contributed by atoms with E-state index >= 15 is 0 Å². The van der Waals surface area contributed by atoms with Crippen LogP contribution in [0.2, 0.25) is 0 Å². The molecule has 0 atom stereocenters. The number of hydrogen-bond acceptors (Lipinski definition) is 6. The lowest BCUT2D eigenvalue weighted by Gasteiger charge is -2.28. The molecule has 8 nitrogen and oxygen atoms in total. The Morgan fingerprint density at radius 2 is 1.93 bits per heavy atom. The van der Waals surface area contributed by atoms with Gasteiger partial charge in [-0.1, -0.05) is 12.1 Å². The molecule has 0 saturated heterocycles. The van der Waals surface area contributed by atoms with E-state index in [-0.39, 0.29) is 18.9 Å². The molecule has 9 heteroatoms. The Hall–Kier alpha value is -2.55. The van der Waals surface area contributed by atoms with Crippen molar-refractivity contribution in [3.63, 3.8) is 0 Å². The van der Waals surface area contributed by atoms with Gasteiger partial charge in [-0.25, -0.2) is 4.79 Å². The number of hydrogen-bond donors (Lipinski definition) is 2. The summed E-state index contributed by atoms with van der Waals surface area (Å²) in [4.78, 5) is 49.7. The first-order valence-electron chi connectivity index (χ1n) is 8.45. The molecule has 0 aromatic heterocycles. The zero-order chi connectivity index (χ0) is 20.0. The summed E-state index contributed by atoms with van der Waals surface area (Å²) < 4.78 is 4.87. The van der Waals surface area contributed by atoms with E-state index in [0.717, 1.165) is 10.6 Å². The maximum Gasteiger partial charge on any atom is 0.321 e. The highest BCUT2D eigenvalue weighted by Crippen LogP contribution is 2.34. The lowest BCUT2D eigenvalue weighted by molar-refractivity contribution is -0.148. The van der Waals surface area contributed by atoms with Crippen LogP contribution in [-0.4, -0.2) is 48.3 Å². The van der Waals surface area contributed by atoms with Crippen LogP contribution in [0.25, 0.3) is 0 Å². The van der Waals surface area contributed by atoms with Crippen molar-refractivity contribution in [3.05, 3.63) is 24.3 Å². The molecule has 1 heterocycles. The van der Waals surface area contributed by atoms with Gasteiger partial charge in [0.2, 0.25) is 5.91 Å². The Labute approximate surface area is 162 Å². The molecule has 1 aliphatic rings. The molecular weight excluding hydrogens is 370 g/mol. The summed E-state index contributed by atoms with van der Waals surface area (Å²) in [5.41, 5.74) is 0.277. The third kappa shape index (κ3) is 6.59. The molecule has 2 N–H and O–H groups in total. The quantitative estimate of drug-likeness (QED) is 0.738. The van der Waals surface area contributed by atoms with Gasteiger partial charge in [0.05, 0.1) is 17.9 Å². The number of rotatable bonds is 5. The number of benzene rings is 1. The molecule has 0 fully saturated rings. The van der Waals surface area contributed by atoms with Gasteiger partial charge in [0, 0.05) is 17.0 Å². The molecule has 0 bridgehead atoms. The van der Waals surface area contributed by atoms with Crippen molar-refractivity contribution in [1.29, 1.82) is 0 Å². The zero-order valence-corrected chi connectivity index (χ0v) is 16.4. The monoisotopic (exact) mass is 393 g/mol. The van der Waals surface area contributed by atoms with E-state index in [1.807, 2.05) is 24.3 Å². The first-order chi connectivity index (χ1) is 12.7. The molecule has 0 aliphatic carbocycles. The van der Waals surface area contributed by atoms with E-state index < -0.39 is 30.1 Å². The smallest absolute Gasteiger partial charge is 0.321 e. The lowest BCUT2D eigenvalue weighted by Crippen LogP contribution is -2.49. The Balaban J connectivity index is 1.77. The van der Waals surface area contributed by atoms with Gasteiger partial charge < -0.3 is 15.0 Å². The zero-order valence-electron chi connectivity index (χ0n) is 15.5. The van der Waals surface area contributed by atoms with Crippen LogP contribution < -0.4 is 15.5 Å². The minimum Gasteiger partial charge on any atom is -0.456 e. The number of nitrogens with one attached hydrogen (secondary N) is 2. The maximum absolute atomic E-state index is 12.1. The average Bonchev–Trinajstić information content (AvgIpc) is 2.57. The van der Waals surface area contributed by atoms with Gasteiger partial charge in [-0.2, -0.15) is 0 Å². The first kappa shape index (κ1) is 20.8. The Bertz CT molecular complexity index is 745. The predicted octanol–water partition coefficient (Wildman–Crippen LogP) is 1.68. The van der Waals surface area contributed by atoms with Crippen molar-refractivity contribution in [2.45, 2.75) is 37.6 Å². The molecule has 0 radical (unpaired) electrons. The molecule has 146 valence electrons. The molecule has 0 spiro atoms. The molecule has 2 rings (SSSR count). The van der Waals surface area contributed by atoms with Gasteiger partial charge in [-0.3, -0.25) is 19.7 Å². The largest absolute Gasteiger partial charge is 0.456 e. The topological polar surface area (TPSA) is 105 Å². The van der Waals surface area contributed by atoms with Gasteiger partial charge in [-0.05, 0) is 32.9 Å². The molecule has 1 aromatic rings. The minimum absolute atomic E-state index is 0.0494. The van der Waals surface area contributed by atoms with E-state index in [0.29, 0.717) is 5.75 Å². The van der Waals surface area contributed by atoms with Crippen molar-refractivity contribution in [2.75, 3.05) is 23.8 Å². The number of anilines is 1. The van der Waals surface area contributed by atoms with Crippen molar-refractivity contribution < 1.29 is 23.9 Å². The van der Waals surface area contributed by atoms with E-state index in [1.54, 1.807) is 25.7 Å².